The first-order valence-electron chi connectivity index (χ1n) is 15.3. The summed E-state index contributed by atoms with van der Waals surface area (Å²) >= 11 is 19.0. The number of rotatable bonds is 15. The number of ether oxygens (including phenoxy) is 3. The van der Waals surface area contributed by atoms with Crippen LogP contribution in [0.1, 0.15) is 42.4 Å². The van der Waals surface area contributed by atoms with E-state index in [1.54, 1.807) is 25.3 Å². The van der Waals surface area contributed by atoms with Gasteiger partial charge in [0.1, 0.15) is 19.0 Å². The second-order valence-corrected chi connectivity index (χ2v) is 12.5. The van der Waals surface area contributed by atoms with Gasteiger partial charge in [0.05, 0.1) is 22.7 Å². The number of nitrogens with zero attached hydrogens (tertiary/aromatic N) is 1. The molecule has 1 amide bonds. The molecule has 0 spiro atoms. The molecule has 2 N–H and O–H groups in total. The average molecular weight is 674 g/mol. The normalized spacial score (nSPS) is 16.5. The molecule has 3 aromatic carbocycles. The molecule has 5 rings (SSSR count). The highest BCUT2D eigenvalue weighted by molar-refractivity contribution is 6.37. The molecule has 7 nitrogen and oxygen atoms in total. The van der Waals surface area contributed by atoms with Gasteiger partial charge in [-0.15, -0.1) is 0 Å². The Morgan fingerprint density at radius 1 is 0.956 bits per heavy atom. The fourth-order valence-corrected chi connectivity index (χ4v) is 6.33. The van der Waals surface area contributed by atoms with Crippen molar-refractivity contribution in [3.63, 3.8) is 0 Å². The molecule has 0 bridgehead atoms. The number of halogens is 3. The Labute approximate surface area is 280 Å². The second kappa shape index (κ2) is 16.2. The van der Waals surface area contributed by atoms with Crippen molar-refractivity contribution in [2.75, 3.05) is 40.1 Å². The third kappa shape index (κ3) is 8.73. The summed E-state index contributed by atoms with van der Waals surface area (Å²) in [5.74, 6) is 1.05. The van der Waals surface area contributed by atoms with Gasteiger partial charge in [-0.05, 0) is 91.2 Å². The van der Waals surface area contributed by atoms with Gasteiger partial charge in [0, 0.05) is 36.9 Å². The van der Waals surface area contributed by atoms with Gasteiger partial charge in [-0.25, -0.2) is 0 Å². The van der Waals surface area contributed by atoms with Crippen molar-refractivity contribution in [1.29, 1.82) is 0 Å². The van der Waals surface area contributed by atoms with Gasteiger partial charge in [0.25, 0.3) is 5.91 Å². The Hall–Kier alpha value is -2.78. The molecule has 3 aromatic rings. The summed E-state index contributed by atoms with van der Waals surface area (Å²) in [6, 6.07) is 18.7. The summed E-state index contributed by atoms with van der Waals surface area (Å²) in [7, 11) is 1.70. The molecule has 10 heteroatoms. The van der Waals surface area contributed by atoms with Crippen LogP contribution in [0, 0.1) is 0 Å². The van der Waals surface area contributed by atoms with E-state index in [1.807, 2.05) is 41.3 Å². The molecule has 240 valence electrons. The number of aliphatic hydroxyl groups is 1. The predicted molar refractivity (Wildman–Crippen MR) is 180 cm³/mol. The third-order valence-electron chi connectivity index (χ3n) is 8.09. The number of amides is 1. The lowest BCUT2D eigenvalue weighted by Gasteiger charge is -2.33. The highest BCUT2D eigenvalue weighted by atomic mass is 35.5. The molecule has 0 radical (unpaired) electrons. The number of para-hydroxylation sites is 1. The number of hydrogen-bond acceptors (Lipinski definition) is 6. The lowest BCUT2D eigenvalue weighted by Crippen LogP contribution is -2.46. The van der Waals surface area contributed by atoms with Gasteiger partial charge < -0.3 is 29.5 Å². The van der Waals surface area contributed by atoms with Crippen molar-refractivity contribution in [3.05, 3.63) is 98.0 Å². The Kier molecular flexibility index (Phi) is 12.1. The fourth-order valence-electron chi connectivity index (χ4n) is 5.64. The van der Waals surface area contributed by atoms with E-state index < -0.39 is 6.04 Å². The van der Waals surface area contributed by atoms with Crippen LogP contribution in [0.4, 0.5) is 0 Å². The number of carbonyl (C=O) groups is 1. The van der Waals surface area contributed by atoms with E-state index in [-0.39, 0.29) is 25.2 Å². The summed E-state index contributed by atoms with van der Waals surface area (Å²) in [6.45, 7) is 2.18. The molecule has 2 aliphatic rings. The van der Waals surface area contributed by atoms with Crippen LogP contribution in [-0.2, 0) is 22.5 Å². The van der Waals surface area contributed by atoms with E-state index in [1.165, 1.54) is 5.56 Å². The van der Waals surface area contributed by atoms with Crippen LogP contribution in [-0.4, -0.2) is 68.1 Å². The third-order valence-corrected chi connectivity index (χ3v) is 9.05. The Bertz CT molecular complexity index is 1470. The summed E-state index contributed by atoms with van der Waals surface area (Å²) in [6.07, 6.45) is 4.37. The van der Waals surface area contributed by atoms with Crippen LogP contribution < -0.4 is 14.8 Å². The minimum atomic E-state index is -0.455. The highest BCUT2D eigenvalue weighted by Gasteiger charge is 2.38. The van der Waals surface area contributed by atoms with E-state index in [0.717, 1.165) is 42.4 Å². The van der Waals surface area contributed by atoms with Gasteiger partial charge in [-0.2, -0.15) is 0 Å². The molecule has 1 aliphatic heterocycles. The number of aliphatic hydroxyl groups excluding tert-OH is 1. The van der Waals surface area contributed by atoms with E-state index >= 15 is 0 Å². The molecule has 1 atom stereocenters. The summed E-state index contributed by atoms with van der Waals surface area (Å²) in [5.41, 5.74) is 4.58. The van der Waals surface area contributed by atoms with Crippen LogP contribution in [0.25, 0.3) is 5.57 Å². The molecule has 0 aromatic heterocycles. The van der Waals surface area contributed by atoms with Crippen molar-refractivity contribution in [1.82, 2.24) is 10.2 Å². The predicted octanol–water partition coefficient (Wildman–Crippen LogP) is 6.98. The molecule has 1 unspecified atom stereocenters. The summed E-state index contributed by atoms with van der Waals surface area (Å²) in [5, 5.41) is 15.2. The molecule has 0 saturated heterocycles. The first-order chi connectivity index (χ1) is 21.9. The maximum atomic E-state index is 14.4. The highest BCUT2D eigenvalue weighted by Crippen LogP contribution is 2.36. The first kappa shape index (κ1) is 33.6. The van der Waals surface area contributed by atoms with E-state index in [0.29, 0.717) is 64.9 Å². The average Bonchev–Trinajstić information content (AvgIpc) is 3.89. The molecule has 1 aliphatic carbocycles. The number of carbonyl (C=O) groups excluding carboxylic acids is 1. The maximum absolute atomic E-state index is 14.4. The second-order valence-electron chi connectivity index (χ2n) is 11.3. The van der Waals surface area contributed by atoms with E-state index in [9.17, 15) is 9.90 Å². The zero-order valence-electron chi connectivity index (χ0n) is 25.4. The number of methoxy groups -OCH3 is 1. The van der Waals surface area contributed by atoms with Crippen LogP contribution in [0.15, 0.2) is 66.2 Å². The zero-order valence-corrected chi connectivity index (χ0v) is 27.6. The topological polar surface area (TPSA) is 80.3 Å². The largest absolute Gasteiger partial charge is 0.490 e. The minimum Gasteiger partial charge on any atom is -0.490 e. The van der Waals surface area contributed by atoms with Gasteiger partial charge in [-0.1, -0.05) is 65.1 Å². The number of hydrogen-bond donors (Lipinski definition) is 2. The molecular formula is C35H39Cl3N2O5. The van der Waals surface area contributed by atoms with Crippen LogP contribution >= 0.6 is 34.8 Å². The van der Waals surface area contributed by atoms with Crippen LogP contribution in [0.2, 0.25) is 15.1 Å². The monoisotopic (exact) mass is 672 g/mol. The van der Waals surface area contributed by atoms with Gasteiger partial charge in [-0.3, -0.25) is 4.79 Å². The standard InChI is InChI=1S/C35H39Cl3N2O5/c1-43-17-3-4-23-7-14-29(36)25(20-23)21-40(26-10-11-26)35(42)33-28(15-16-39-32(33)22-41)24-8-12-27(13-9-24)44-18-19-45-34-30(37)5-2-6-31(34)38/h2,5-9,12-14,20,26,32,39,41H,3-4,10-11,15-19,21-22H2,1H3. The summed E-state index contributed by atoms with van der Waals surface area (Å²) < 4.78 is 16.8. The molecule has 1 fully saturated rings. The SMILES string of the molecule is COCCCc1ccc(Cl)c(CN(C(=O)C2=C(c3ccc(OCCOc4c(Cl)cccc4Cl)cc3)CCNC2CO)C2CC2)c1. The van der Waals surface area contributed by atoms with Gasteiger partial charge in [0.2, 0.25) is 0 Å². The smallest absolute Gasteiger partial charge is 0.252 e. The lowest BCUT2D eigenvalue weighted by molar-refractivity contribution is -0.128. The number of aryl methyl sites for hydroxylation is 1. The van der Waals surface area contributed by atoms with Crippen molar-refractivity contribution in [3.8, 4) is 11.5 Å². The lowest BCUT2D eigenvalue weighted by atomic mass is 9.88. The fraction of sp³-hybridized carbons (Fsp3) is 0.400. The van der Waals surface area contributed by atoms with Crippen molar-refractivity contribution >= 4 is 46.3 Å². The number of benzene rings is 3. The quantitative estimate of drug-likeness (QED) is 0.170. The number of nitrogens with one attached hydrogen (secondary N) is 1. The first-order valence-corrected chi connectivity index (χ1v) is 16.5. The van der Waals surface area contributed by atoms with Crippen LogP contribution in [0.3, 0.4) is 0 Å². The van der Waals surface area contributed by atoms with E-state index in [2.05, 4.69) is 11.4 Å². The minimum absolute atomic E-state index is 0.0599. The van der Waals surface area contributed by atoms with Crippen molar-refractivity contribution in [2.45, 2.75) is 50.7 Å². The van der Waals surface area contributed by atoms with Crippen molar-refractivity contribution < 1.29 is 24.1 Å². The molecular weight excluding hydrogens is 635 g/mol. The summed E-state index contributed by atoms with van der Waals surface area (Å²) in [4.78, 5) is 16.3. The molecule has 1 saturated carbocycles. The van der Waals surface area contributed by atoms with Crippen LogP contribution in [0.5, 0.6) is 11.5 Å². The van der Waals surface area contributed by atoms with Crippen molar-refractivity contribution in [2.24, 2.45) is 0 Å². The Balaban J connectivity index is 1.31. The maximum Gasteiger partial charge on any atom is 0.252 e. The van der Waals surface area contributed by atoms with Gasteiger partial charge in [0.15, 0.2) is 5.75 Å². The Morgan fingerprint density at radius 2 is 1.69 bits per heavy atom. The zero-order chi connectivity index (χ0) is 31.8. The molecule has 1 heterocycles. The van der Waals surface area contributed by atoms with E-state index in [4.69, 9.17) is 49.0 Å². The van der Waals surface area contributed by atoms with Gasteiger partial charge >= 0.3 is 0 Å². The molecule has 45 heavy (non-hydrogen) atoms. The Morgan fingerprint density at radius 3 is 2.38 bits per heavy atom.